The number of fused-ring (bicyclic) bond motifs is 2. The second-order valence-corrected chi connectivity index (χ2v) is 23.5. The molecule has 0 spiro atoms. The van der Waals surface area contributed by atoms with Crippen LogP contribution in [0.5, 0.6) is 23.0 Å². The first-order valence-electron chi connectivity index (χ1n) is 24.6. The Labute approximate surface area is 436 Å². The van der Waals surface area contributed by atoms with E-state index in [1.807, 2.05) is 61.7 Å². The summed E-state index contributed by atoms with van der Waals surface area (Å²) in [4.78, 5) is 20.7. The van der Waals surface area contributed by atoms with Crippen LogP contribution in [0.15, 0.2) is 77.7 Å². The molecule has 2 saturated carbocycles. The van der Waals surface area contributed by atoms with Gasteiger partial charge in [0.15, 0.2) is 41.5 Å². The average Bonchev–Trinajstić information content (AvgIpc) is 4.33. The lowest BCUT2D eigenvalue weighted by molar-refractivity contribution is -0.511. The van der Waals surface area contributed by atoms with Crippen molar-refractivity contribution in [2.75, 3.05) is 129 Å². The molecular weight excluding hydrogens is 991 g/mol. The number of sulfonamides is 1. The molecule has 4 fully saturated rings. The van der Waals surface area contributed by atoms with Gasteiger partial charge in [0.1, 0.15) is 0 Å². The Bertz CT molecular complexity index is 2990. The first-order chi connectivity index (χ1) is 35.1. The third-order valence-electron chi connectivity index (χ3n) is 13.9. The molecule has 2 saturated heterocycles. The number of nitrogens with two attached hydrogens (primary N) is 1. The maximum Gasteiger partial charge on any atom is 0.493 e. The molecule has 4 aliphatic rings. The van der Waals surface area contributed by atoms with E-state index < -0.39 is 31.9 Å². The zero-order valence-electron chi connectivity index (χ0n) is 44.3. The van der Waals surface area contributed by atoms with Crippen molar-refractivity contribution in [3.8, 4) is 23.0 Å². The highest BCUT2D eigenvalue weighted by molar-refractivity contribution is 7.88. The molecule has 2 aromatic carbocycles. The maximum atomic E-state index is 11.9. The Balaban J connectivity index is 0.000000165. The average molecular weight is 1060 g/mol. The molecule has 0 amide bonds. The topological polar surface area (TPSA) is 234 Å². The van der Waals surface area contributed by atoms with Crippen LogP contribution in [-0.4, -0.2) is 174 Å². The minimum Gasteiger partial charge on any atom is -0.594 e. The molecule has 0 radical (unpaired) electrons. The molecule has 2 aliphatic carbocycles. The number of aromatic nitrogens is 3. The van der Waals surface area contributed by atoms with E-state index in [2.05, 4.69) is 44.8 Å². The van der Waals surface area contributed by atoms with Gasteiger partial charge in [-0.05, 0) is 49.9 Å². The molecule has 0 bridgehead atoms. The quantitative estimate of drug-likeness (QED) is 0.0872. The number of anilines is 3. The standard InChI is InChI=1S/C20H28N4O4S.C19H26N4O2.C12H19N3O4S/c1-27-18-12-15-16(13-19(18)28-2)21-7-4-17(15)23-8-10-24(11-9-23)20(5-6-20)14-22-29(3,25)26;1-24-17-11-14-15(12-18(17)25-2)21-6-3-16(14)22-7-9-23(10-8-22)19(13-20)4-5-19;1-12(2,3)19-11(16)13-20(17,18)15-8-6-10(7-9-15)14(4)5/h4,7,12-13,22H,5-6,8-11,14H2,1-3H3;3,6,11-12H,4-5,7-10,13,20H2,1-2H3;6-9H,1-5H3. The van der Waals surface area contributed by atoms with Crippen LogP contribution in [0.4, 0.5) is 17.1 Å². The van der Waals surface area contributed by atoms with Gasteiger partial charge in [-0.1, -0.05) is 29.1 Å². The van der Waals surface area contributed by atoms with Gasteiger partial charge in [0.25, 0.3) is 0 Å². The minimum absolute atomic E-state index is 0.00787. The predicted molar refractivity (Wildman–Crippen MR) is 287 cm³/mol. The molecule has 2 aliphatic heterocycles. The van der Waals surface area contributed by atoms with E-state index in [-0.39, 0.29) is 5.54 Å². The van der Waals surface area contributed by atoms with Gasteiger partial charge in [-0.3, -0.25) is 19.8 Å². The predicted octanol–water partition coefficient (Wildman–Crippen LogP) is 2.99. The number of hydrogen-bond donors (Lipinski definition) is 2. The molecule has 5 aromatic rings. The van der Waals surface area contributed by atoms with Crippen LogP contribution in [0.3, 0.4) is 0 Å². The fourth-order valence-corrected chi connectivity index (χ4v) is 10.7. The van der Waals surface area contributed by atoms with E-state index in [4.69, 9.17) is 29.4 Å². The van der Waals surface area contributed by atoms with Crippen LogP contribution in [0.2, 0.25) is 0 Å². The lowest BCUT2D eigenvalue weighted by Gasteiger charge is -2.41. The zero-order chi connectivity index (χ0) is 53.6. The van der Waals surface area contributed by atoms with Crippen LogP contribution >= 0.6 is 0 Å². The second kappa shape index (κ2) is 22.9. The number of pyridine rings is 3. The van der Waals surface area contributed by atoms with E-state index in [0.717, 1.165) is 115 Å². The molecule has 3 aromatic heterocycles. The summed E-state index contributed by atoms with van der Waals surface area (Å²) in [6.45, 7) is 13.9. The molecule has 5 heterocycles. The fraction of sp³-hybridized carbons (Fsp3) is 0.529. The Kier molecular flexibility index (Phi) is 17.2. The van der Waals surface area contributed by atoms with Crippen molar-refractivity contribution < 1.29 is 49.6 Å². The summed E-state index contributed by atoms with van der Waals surface area (Å²) in [7, 11) is 2.96. The lowest BCUT2D eigenvalue weighted by atomic mass is 10.1. The molecule has 0 unspecified atom stereocenters. The summed E-state index contributed by atoms with van der Waals surface area (Å²) in [5.41, 5.74) is 10.5. The maximum absolute atomic E-state index is 11.9. The van der Waals surface area contributed by atoms with Crippen molar-refractivity contribution in [3.63, 3.8) is 0 Å². The highest BCUT2D eigenvalue weighted by atomic mass is 32.2. The van der Waals surface area contributed by atoms with Gasteiger partial charge in [-0.25, -0.2) is 13.1 Å². The van der Waals surface area contributed by atoms with Crippen LogP contribution in [0.25, 0.3) is 21.8 Å². The Hall–Kier alpha value is -5.98. The Morgan fingerprint density at radius 1 is 0.716 bits per heavy atom. The van der Waals surface area contributed by atoms with Gasteiger partial charge in [0, 0.05) is 161 Å². The van der Waals surface area contributed by atoms with Gasteiger partial charge < -0.3 is 49.2 Å². The molecule has 23 heteroatoms. The summed E-state index contributed by atoms with van der Waals surface area (Å²) in [6, 6.07) is 15.2. The van der Waals surface area contributed by atoms with Crippen molar-refractivity contribution >= 4 is 65.2 Å². The van der Waals surface area contributed by atoms with E-state index >= 15 is 0 Å². The minimum atomic E-state index is -4.13. The van der Waals surface area contributed by atoms with E-state index in [1.165, 1.54) is 37.2 Å². The van der Waals surface area contributed by atoms with Crippen LogP contribution < -0.4 is 53.2 Å². The first-order valence-corrected chi connectivity index (χ1v) is 27.9. The second-order valence-electron chi connectivity index (χ2n) is 20.1. The number of benzene rings is 2. The smallest absolute Gasteiger partial charge is 0.493 e. The van der Waals surface area contributed by atoms with Crippen molar-refractivity contribution in [3.05, 3.63) is 73.3 Å². The lowest BCUT2D eigenvalue weighted by Crippen LogP contribution is -2.54. The van der Waals surface area contributed by atoms with Gasteiger partial charge in [-0.2, -0.15) is 0 Å². The van der Waals surface area contributed by atoms with Crippen LogP contribution in [0, 0.1) is 0 Å². The summed E-state index contributed by atoms with van der Waals surface area (Å²) in [5, 5.41) is 13.6. The highest BCUT2D eigenvalue weighted by Gasteiger charge is 2.49. The molecule has 3 N–H and O–H groups in total. The summed E-state index contributed by atoms with van der Waals surface area (Å²) < 4.78 is 80.0. The van der Waals surface area contributed by atoms with E-state index in [9.17, 15) is 21.9 Å². The number of nitrogens with zero attached hydrogens (tertiary/aromatic N) is 9. The first kappa shape index (κ1) is 55.8. The summed E-state index contributed by atoms with van der Waals surface area (Å²) >= 11 is 0. The van der Waals surface area contributed by atoms with Crippen LogP contribution in [0.1, 0.15) is 46.5 Å². The third kappa shape index (κ3) is 13.5. The fourth-order valence-electron chi connectivity index (χ4n) is 9.40. The number of nitrogens with one attached hydrogen (secondary N) is 1. The number of rotatable bonds is 15. The number of methoxy groups -OCH3 is 4. The normalized spacial score (nSPS) is 17.9. The number of ether oxygens (including phenoxy) is 5. The summed E-state index contributed by atoms with van der Waals surface area (Å²) in [5.74, 6) is 2.81. The highest BCUT2D eigenvalue weighted by Crippen LogP contribution is 2.44. The molecule has 21 nitrogen and oxygen atoms in total. The van der Waals surface area contributed by atoms with Gasteiger partial charge >= 0.3 is 10.2 Å². The van der Waals surface area contributed by atoms with E-state index in [0.29, 0.717) is 29.3 Å². The largest absolute Gasteiger partial charge is 0.594 e. The zero-order valence-corrected chi connectivity index (χ0v) is 46.0. The van der Waals surface area contributed by atoms with E-state index in [1.54, 1.807) is 61.3 Å². The molecule has 404 valence electrons. The molecular formula is C51H73N11O10S2. The van der Waals surface area contributed by atoms with Gasteiger partial charge in [0.2, 0.25) is 10.0 Å². The van der Waals surface area contributed by atoms with Crippen molar-refractivity contribution in [1.82, 2.24) is 24.5 Å². The molecule has 74 heavy (non-hydrogen) atoms. The molecule has 9 rings (SSSR count). The Morgan fingerprint density at radius 2 is 1.14 bits per heavy atom. The van der Waals surface area contributed by atoms with Crippen molar-refractivity contribution in [2.24, 2.45) is 10.1 Å². The van der Waals surface area contributed by atoms with Crippen molar-refractivity contribution in [1.29, 1.82) is 0 Å². The van der Waals surface area contributed by atoms with Gasteiger partial charge in [0.05, 0.1) is 45.7 Å². The Morgan fingerprint density at radius 3 is 1.50 bits per heavy atom. The van der Waals surface area contributed by atoms with Crippen molar-refractivity contribution in [2.45, 2.75) is 63.1 Å². The third-order valence-corrected chi connectivity index (χ3v) is 15.7. The SMILES string of the molecule is CN(C)c1cc[n+](S(=O)(=O)N=C([O-])OC(C)(C)C)cc1.COc1cc2nccc(N3CCN(C4(CN)CC4)CC3)c2cc1OC.COc1cc2nccc(N3CCN(C4(CNS(C)(=O)=O)CC4)CC3)c2cc1OC. The summed E-state index contributed by atoms with van der Waals surface area (Å²) in [6.07, 6.45) is 11.0. The monoisotopic (exact) mass is 1060 g/mol. The van der Waals surface area contributed by atoms with Crippen LogP contribution in [-0.2, 0) is 25.0 Å². The number of hydrogen-bond acceptors (Lipinski definition) is 18. The molecule has 0 atom stereocenters. The van der Waals surface area contributed by atoms with Gasteiger partial charge in [-0.15, -0.1) is 8.42 Å². The number of piperazine rings is 2.